The Morgan fingerprint density at radius 1 is 0.885 bits per heavy atom. The summed E-state index contributed by atoms with van der Waals surface area (Å²) in [5.74, 6) is 0.812. The van der Waals surface area contributed by atoms with Crippen LogP contribution in [0.1, 0.15) is 12.5 Å². The van der Waals surface area contributed by atoms with Crippen molar-refractivity contribution in [2.45, 2.75) is 18.7 Å². The molecule has 0 saturated heterocycles. The maximum atomic E-state index is 5.79. The first-order chi connectivity index (χ1) is 12.7. The molecule has 2 nitrogen and oxygen atoms in total. The highest BCUT2D eigenvalue weighted by Gasteiger charge is 2.07. The highest BCUT2D eigenvalue weighted by atomic mass is 32.2. The summed E-state index contributed by atoms with van der Waals surface area (Å²) in [6, 6.07) is 28.2. The van der Waals surface area contributed by atoms with Crippen LogP contribution in [-0.2, 0) is 0 Å². The van der Waals surface area contributed by atoms with Crippen LogP contribution in [0.4, 0.5) is 5.69 Å². The Labute approximate surface area is 159 Å². The minimum absolute atomic E-state index is 0.812. The average molecular weight is 359 g/mol. The lowest BCUT2D eigenvalue weighted by Crippen LogP contribution is -1.97. The van der Waals surface area contributed by atoms with Gasteiger partial charge in [-0.25, -0.2) is 4.99 Å². The average Bonchev–Trinajstić information content (AvgIpc) is 2.67. The second-order valence-electron chi connectivity index (χ2n) is 5.90. The van der Waals surface area contributed by atoms with Crippen molar-refractivity contribution in [3.05, 3.63) is 102 Å². The molecule has 0 aliphatic rings. The van der Waals surface area contributed by atoms with E-state index >= 15 is 0 Å². The molecule has 0 heterocycles. The fourth-order valence-electron chi connectivity index (χ4n) is 2.31. The van der Waals surface area contributed by atoms with E-state index < -0.39 is 0 Å². The molecule has 0 aliphatic heterocycles. The fraction of sp³-hybridized carbons (Fsp3) is 0.0870. The summed E-state index contributed by atoms with van der Waals surface area (Å²) in [6.45, 7) is 4.09. The van der Waals surface area contributed by atoms with Crippen LogP contribution < -0.4 is 4.74 Å². The summed E-state index contributed by atoms with van der Waals surface area (Å²) < 4.78 is 5.79. The van der Waals surface area contributed by atoms with Gasteiger partial charge in [0.25, 0.3) is 0 Å². The number of aliphatic imine (C=N–C) groups is 1. The molecule has 3 heteroatoms. The van der Waals surface area contributed by atoms with E-state index in [9.17, 15) is 0 Å². The number of rotatable bonds is 5. The quantitative estimate of drug-likeness (QED) is 0.216. The third-order valence-electron chi connectivity index (χ3n) is 3.64. The van der Waals surface area contributed by atoms with Crippen molar-refractivity contribution in [2.75, 3.05) is 0 Å². The standard InChI is InChI=1S/C23H21NOS/c1-18-10-9-11-20(16-18)24-23(26-22-14-7-4-8-15-22)19(2)17-25-21-12-5-3-6-13-21/h3-17H,1-2H3. The highest BCUT2D eigenvalue weighted by molar-refractivity contribution is 8.14. The van der Waals surface area contributed by atoms with Crippen molar-refractivity contribution in [3.8, 4) is 5.75 Å². The van der Waals surface area contributed by atoms with E-state index in [4.69, 9.17) is 9.73 Å². The van der Waals surface area contributed by atoms with Crippen molar-refractivity contribution in [3.63, 3.8) is 0 Å². The van der Waals surface area contributed by atoms with Crippen LogP contribution in [0.2, 0.25) is 0 Å². The number of hydrogen-bond acceptors (Lipinski definition) is 3. The van der Waals surface area contributed by atoms with Crippen molar-refractivity contribution < 1.29 is 4.74 Å². The van der Waals surface area contributed by atoms with E-state index in [2.05, 4.69) is 31.2 Å². The SMILES string of the molecule is CC(=COc1ccccc1)C(=Nc1cccc(C)c1)Sc1ccccc1. The summed E-state index contributed by atoms with van der Waals surface area (Å²) in [5.41, 5.74) is 3.11. The molecule has 130 valence electrons. The Hall–Kier alpha value is -2.78. The molecule has 3 aromatic carbocycles. The van der Waals surface area contributed by atoms with Crippen molar-refractivity contribution in [2.24, 2.45) is 4.99 Å². The first-order valence-corrected chi connectivity index (χ1v) is 9.29. The smallest absolute Gasteiger partial charge is 0.126 e. The van der Waals surface area contributed by atoms with Gasteiger partial charge in [0.2, 0.25) is 0 Å². The second-order valence-corrected chi connectivity index (χ2v) is 6.97. The van der Waals surface area contributed by atoms with Gasteiger partial charge in [-0.15, -0.1) is 0 Å². The highest BCUT2D eigenvalue weighted by Crippen LogP contribution is 2.27. The monoisotopic (exact) mass is 359 g/mol. The van der Waals surface area contributed by atoms with Crippen molar-refractivity contribution >= 4 is 22.5 Å². The van der Waals surface area contributed by atoms with Gasteiger partial charge in [0, 0.05) is 10.5 Å². The molecular formula is C23H21NOS. The van der Waals surface area contributed by atoms with Gasteiger partial charge in [-0.1, -0.05) is 60.3 Å². The summed E-state index contributed by atoms with van der Waals surface area (Å²) in [4.78, 5) is 6.00. The van der Waals surface area contributed by atoms with E-state index in [0.29, 0.717) is 0 Å². The zero-order valence-corrected chi connectivity index (χ0v) is 15.7. The van der Waals surface area contributed by atoms with Gasteiger partial charge in [0.15, 0.2) is 0 Å². The molecule has 0 aliphatic carbocycles. The molecular weight excluding hydrogens is 338 g/mol. The number of nitrogens with zero attached hydrogens (tertiary/aromatic N) is 1. The van der Waals surface area contributed by atoms with Crippen LogP contribution in [0.15, 0.2) is 107 Å². The van der Waals surface area contributed by atoms with Gasteiger partial charge in [-0.3, -0.25) is 0 Å². The van der Waals surface area contributed by atoms with Crippen LogP contribution in [0, 0.1) is 6.92 Å². The van der Waals surface area contributed by atoms with Crippen LogP contribution in [-0.4, -0.2) is 5.04 Å². The molecule has 3 aromatic rings. The maximum Gasteiger partial charge on any atom is 0.126 e. The molecule has 0 amide bonds. The molecule has 0 unspecified atom stereocenters. The van der Waals surface area contributed by atoms with E-state index in [-0.39, 0.29) is 0 Å². The van der Waals surface area contributed by atoms with Gasteiger partial charge < -0.3 is 4.74 Å². The van der Waals surface area contributed by atoms with Crippen LogP contribution in [0.25, 0.3) is 0 Å². The van der Waals surface area contributed by atoms with Crippen LogP contribution >= 0.6 is 11.8 Å². The molecule has 0 bridgehead atoms. The molecule has 26 heavy (non-hydrogen) atoms. The van der Waals surface area contributed by atoms with Gasteiger partial charge in [0.1, 0.15) is 10.8 Å². The first-order valence-electron chi connectivity index (χ1n) is 8.48. The minimum Gasteiger partial charge on any atom is -0.465 e. The van der Waals surface area contributed by atoms with Crippen LogP contribution in [0.3, 0.4) is 0 Å². The zero-order valence-electron chi connectivity index (χ0n) is 14.9. The normalized spacial score (nSPS) is 12.1. The molecule has 0 spiro atoms. The van der Waals surface area contributed by atoms with E-state index in [1.807, 2.05) is 67.6 Å². The zero-order chi connectivity index (χ0) is 18.2. The maximum absolute atomic E-state index is 5.79. The lowest BCUT2D eigenvalue weighted by atomic mass is 10.2. The number of benzene rings is 3. The number of para-hydroxylation sites is 1. The molecule has 0 N–H and O–H groups in total. The Morgan fingerprint density at radius 2 is 1.58 bits per heavy atom. The van der Waals surface area contributed by atoms with Crippen molar-refractivity contribution in [1.29, 1.82) is 0 Å². The number of hydrogen-bond donors (Lipinski definition) is 0. The number of ether oxygens (including phenoxy) is 1. The van der Waals surface area contributed by atoms with Crippen molar-refractivity contribution in [1.82, 2.24) is 0 Å². The predicted octanol–water partition coefficient (Wildman–Crippen LogP) is 6.80. The molecule has 3 rings (SSSR count). The van der Waals surface area contributed by atoms with Crippen LogP contribution in [0.5, 0.6) is 5.75 Å². The Balaban J connectivity index is 1.88. The second kappa shape index (κ2) is 9.07. The van der Waals surface area contributed by atoms with Gasteiger partial charge in [-0.05, 0) is 55.8 Å². The Morgan fingerprint density at radius 3 is 2.27 bits per heavy atom. The summed E-state index contributed by atoms with van der Waals surface area (Å²) in [5, 5.41) is 0.915. The number of thioether (sulfide) groups is 1. The summed E-state index contributed by atoms with van der Waals surface area (Å²) >= 11 is 1.63. The van der Waals surface area contributed by atoms with Gasteiger partial charge in [0.05, 0.1) is 11.9 Å². The summed E-state index contributed by atoms with van der Waals surface area (Å²) in [6.07, 6.45) is 1.76. The topological polar surface area (TPSA) is 21.6 Å². The lowest BCUT2D eigenvalue weighted by Gasteiger charge is -2.08. The fourth-order valence-corrected chi connectivity index (χ4v) is 3.19. The lowest BCUT2D eigenvalue weighted by molar-refractivity contribution is 0.478. The Kier molecular flexibility index (Phi) is 6.29. The number of aryl methyl sites for hydroxylation is 1. The Bertz CT molecular complexity index is 902. The largest absolute Gasteiger partial charge is 0.465 e. The van der Waals surface area contributed by atoms with E-state index in [1.165, 1.54) is 5.56 Å². The molecule has 0 saturated carbocycles. The first kappa shape index (κ1) is 18.0. The van der Waals surface area contributed by atoms with E-state index in [0.717, 1.165) is 26.9 Å². The predicted molar refractivity (Wildman–Crippen MR) is 111 cm³/mol. The summed E-state index contributed by atoms with van der Waals surface area (Å²) in [7, 11) is 0. The van der Waals surface area contributed by atoms with E-state index in [1.54, 1.807) is 18.0 Å². The minimum atomic E-state index is 0.812. The molecule has 0 radical (unpaired) electrons. The molecule has 0 fully saturated rings. The molecule has 0 aromatic heterocycles. The molecule has 0 atom stereocenters. The third-order valence-corrected chi connectivity index (χ3v) is 4.76. The third kappa shape index (κ3) is 5.36. The van der Waals surface area contributed by atoms with Gasteiger partial charge in [-0.2, -0.15) is 0 Å². The van der Waals surface area contributed by atoms with Gasteiger partial charge >= 0.3 is 0 Å².